The monoisotopic (exact) mass is 401 g/mol. The molecule has 0 amide bonds. The van der Waals surface area contributed by atoms with E-state index in [4.69, 9.17) is 4.74 Å². The highest BCUT2D eigenvalue weighted by atomic mass is 16.6. The second-order valence-corrected chi connectivity index (χ2v) is 7.67. The number of hydrogen-bond acceptors (Lipinski definition) is 6. The van der Waals surface area contributed by atoms with Crippen LogP contribution in [0.25, 0.3) is 11.0 Å². The minimum absolute atomic E-state index is 0.350. The number of aliphatic imine (C=N–C) groups is 1. The fourth-order valence-electron chi connectivity index (χ4n) is 3.82. The van der Waals surface area contributed by atoms with E-state index in [9.17, 15) is 4.79 Å². The van der Waals surface area contributed by atoms with Crippen molar-refractivity contribution in [2.75, 3.05) is 31.1 Å². The minimum Gasteiger partial charge on any atom is -0.402 e. The first-order chi connectivity index (χ1) is 14.6. The summed E-state index contributed by atoms with van der Waals surface area (Å²) in [4.78, 5) is 29.2. The molecule has 2 aromatic carbocycles. The van der Waals surface area contributed by atoms with E-state index in [-0.39, 0.29) is 0 Å². The lowest BCUT2D eigenvalue weighted by Crippen LogP contribution is -2.44. The van der Waals surface area contributed by atoms with Gasteiger partial charge in [0.25, 0.3) is 0 Å². The molecule has 0 atom stereocenters. The molecule has 3 aromatic rings. The molecule has 152 valence electrons. The Morgan fingerprint density at radius 3 is 2.63 bits per heavy atom. The fraction of sp³-hybridized carbons (Fsp3) is 0.261. The molecule has 7 nitrogen and oxygen atoms in total. The summed E-state index contributed by atoms with van der Waals surface area (Å²) in [6.07, 6.45) is 1.82. The van der Waals surface area contributed by atoms with Crippen molar-refractivity contribution in [2.45, 2.75) is 13.8 Å². The maximum absolute atomic E-state index is 12.4. The van der Waals surface area contributed by atoms with Crippen molar-refractivity contribution in [1.82, 2.24) is 14.9 Å². The molecule has 0 aliphatic carbocycles. The molecule has 1 aromatic heterocycles. The number of ether oxygens (including phenoxy) is 1. The summed E-state index contributed by atoms with van der Waals surface area (Å²) < 4.78 is 5.45. The van der Waals surface area contributed by atoms with E-state index in [2.05, 4.69) is 24.8 Å². The molecule has 0 saturated carbocycles. The number of H-pyrrole nitrogens is 1. The Hall–Kier alpha value is -3.61. The number of imidazole rings is 1. The first kappa shape index (κ1) is 18.4. The van der Waals surface area contributed by atoms with E-state index in [0.717, 1.165) is 59.9 Å². The fourth-order valence-corrected chi connectivity index (χ4v) is 3.82. The summed E-state index contributed by atoms with van der Waals surface area (Å²) in [5.41, 5.74) is 5.44. The lowest BCUT2D eigenvalue weighted by molar-refractivity contribution is -0.130. The van der Waals surface area contributed by atoms with Crippen LogP contribution in [-0.4, -0.2) is 52.9 Å². The SMILES string of the molecule is Cc1cccc(C2=NC(=CN3CCN(c4nc5ccccc5[nH]4)CC3)C(=O)O2)c1C. The van der Waals surface area contributed by atoms with Gasteiger partial charge in [0.05, 0.1) is 11.0 Å². The Balaban J connectivity index is 1.29. The van der Waals surface area contributed by atoms with Gasteiger partial charge < -0.3 is 19.5 Å². The van der Waals surface area contributed by atoms with Gasteiger partial charge in [0.2, 0.25) is 11.8 Å². The number of piperazine rings is 1. The van der Waals surface area contributed by atoms with Crippen molar-refractivity contribution in [3.63, 3.8) is 0 Å². The van der Waals surface area contributed by atoms with Gasteiger partial charge in [-0.2, -0.15) is 0 Å². The number of esters is 1. The highest BCUT2D eigenvalue weighted by Gasteiger charge is 2.27. The second-order valence-electron chi connectivity index (χ2n) is 7.67. The zero-order chi connectivity index (χ0) is 20.7. The van der Waals surface area contributed by atoms with E-state index < -0.39 is 5.97 Å². The van der Waals surface area contributed by atoms with E-state index in [0.29, 0.717) is 11.6 Å². The van der Waals surface area contributed by atoms with Gasteiger partial charge in [-0.1, -0.05) is 24.3 Å². The van der Waals surface area contributed by atoms with Crippen molar-refractivity contribution in [1.29, 1.82) is 0 Å². The molecule has 30 heavy (non-hydrogen) atoms. The number of para-hydroxylation sites is 2. The number of aromatic amines is 1. The molecule has 2 aliphatic rings. The number of carbonyl (C=O) groups excluding carboxylic acids is 1. The zero-order valence-corrected chi connectivity index (χ0v) is 17.1. The first-order valence-corrected chi connectivity index (χ1v) is 10.1. The maximum atomic E-state index is 12.4. The molecule has 3 heterocycles. The van der Waals surface area contributed by atoms with Gasteiger partial charge in [0.1, 0.15) is 0 Å². The first-order valence-electron chi connectivity index (χ1n) is 10.1. The quantitative estimate of drug-likeness (QED) is 0.539. The summed E-state index contributed by atoms with van der Waals surface area (Å²) in [6, 6.07) is 14.0. The summed E-state index contributed by atoms with van der Waals surface area (Å²) >= 11 is 0. The number of anilines is 1. The van der Waals surface area contributed by atoms with E-state index >= 15 is 0 Å². The van der Waals surface area contributed by atoms with Gasteiger partial charge in [-0.15, -0.1) is 0 Å². The van der Waals surface area contributed by atoms with Crippen LogP contribution in [0.5, 0.6) is 0 Å². The standard InChI is InChI=1S/C23H23N5O2/c1-15-6-5-7-17(16(15)2)21-24-20(22(29)30-21)14-27-10-12-28(13-11-27)23-25-18-8-3-4-9-19(18)26-23/h3-9,14H,10-13H2,1-2H3,(H,25,26). The van der Waals surface area contributed by atoms with Crippen LogP contribution in [0, 0.1) is 13.8 Å². The summed E-state index contributed by atoms with van der Waals surface area (Å²) in [6.45, 7) is 7.23. The Bertz CT molecular complexity index is 1150. The number of fused-ring (bicyclic) bond motifs is 1. The number of rotatable bonds is 3. The molecule has 0 spiro atoms. The number of aromatic nitrogens is 2. The van der Waals surface area contributed by atoms with Crippen LogP contribution in [0.3, 0.4) is 0 Å². The lowest BCUT2D eigenvalue weighted by Gasteiger charge is -2.33. The zero-order valence-electron chi connectivity index (χ0n) is 17.1. The Morgan fingerprint density at radius 2 is 1.83 bits per heavy atom. The van der Waals surface area contributed by atoms with Crippen LogP contribution in [-0.2, 0) is 9.53 Å². The minimum atomic E-state index is -0.398. The van der Waals surface area contributed by atoms with Crippen LogP contribution in [0.4, 0.5) is 5.95 Å². The van der Waals surface area contributed by atoms with Crippen LogP contribution >= 0.6 is 0 Å². The second kappa shape index (κ2) is 7.33. The average Bonchev–Trinajstić information content (AvgIpc) is 3.34. The van der Waals surface area contributed by atoms with Crippen molar-refractivity contribution >= 4 is 28.8 Å². The topological polar surface area (TPSA) is 73.8 Å². The maximum Gasteiger partial charge on any atom is 0.365 e. The van der Waals surface area contributed by atoms with Crippen molar-refractivity contribution < 1.29 is 9.53 Å². The molecule has 0 radical (unpaired) electrons. The molecule has 1 fully saturated rings. The third kappa shape index (κ3) is 3.32. The summed E-state index contributed by atoms with van der Waals surface area (Å²) in [7, 11) is 0. The Morgan fingerprint density at radius 1 is 1.03 bits per heavy atom. The van der Waals surface area contributed by atoms with Gasteiger partial charge in [0.15, 0.2) is 5.70 Å². The molecule has 0 unspecified atom stereocenters. The molecular weight excluding hydrogens is 378 g/mol. The highest BCUT2D eigenvalue weighted by molar-refractivity contribution is 6.11. The molecule has 5 rings (SSSR count). The van der Waals surface area contributed by atoms with Gasteiger partial charge in [0, 0.05) is 37.9 Å². The Kier molecular flexibility index (Phi) is 4.50. The third-order valence-corrected chi connectivity index (χ3v) is 5.75. The predicted molar refractivity (Wildman–Crippen MR) is 117 cm³/mol. The molecule has 7 heteroatoms. The van der Waals surface area contributed by atoms with Crippen LogP contribution in [0.15, 0.2) is 59.4 Å². The summed E-state index contributed by atoms with van der Waals surface area (Å²) in [5.74, 6) is 0.873. The van der Waals surface area contributed by atoms with Gasteiger partial charge in [-0.3, -0.25) is 0 Å². The van der Waals surface area contributed by atoms with E-state index in [1.54, 1.807) is 0 Å². The molecule has 1 N–H and O–H groups in total. The van der Waals surface area contributed by atoms with Gasteiger partial charge >= 0.3 is 5.97 Å². The van der Waals surface area contributed by atoms with Crippen molar-refractivity contribution in [2.24, 2.45) is 4.99 Å². The number of nitrogens with one attached hydrogen (secondary N) is 1. The largest absolute Gasteiger partial charge is 0.402 e. The van der Waals surface area contributed by atoms with E-state index in [1.165, 1.54) is 0 Å². The Labute approximate surface area is 174 Å². The number of cyclic esters (lactones) is 1. The normalized spacial score (nSPS) is 18.3. The van der Waals surface area contributed by atoms with E-state index in [1.807, 2.05) is 62.5 Å². The lowest BCUT2D eigenvalue weighted by atomic mass is 10.0. The third-order valence-electron chi connectivity index (χ3n) is 5.75. The number of carbonyl (C=O) groups is 1. The average molecular weight is 401 g/mol. The van der Waals surface area contributed by atoms with Crippen LogP contribution < -0.4 is 4.90 Å². The molecule has 1 saturated heterocycles. The summed E-state index contributed by atoms with van der Waals surface area (Å²) in [5, 5.41) is 0. The molecule has 0 bridgehead atoms. The number of aryl methyl sites for hydroxylation is 1. The highest BCUT2D eigenvalue weighted by Crippen LogP contribution is 2.22. The molecule has 2 aliphatic heterocycles. The van der Waals surface area contributed by atoms with Crippen molar-refractivity contribution in [3.8, 4) is 0 Å². The number of hydrogen-bond donors (Lipinski definition) is 1. The predicted octanol–water partition coefficient (Wildman–Crippen LogP) is 3.15. The van der Waals surface area contributed by atoms with Gasteiger partial charge in [-0.05, 0) is 43.2 Å². The smallest absolute Gasteiger partial charge is 0.365 e. The molecular formula is C23H23N5O2. The number of nitrogens with zero attached hydrogens (tertiary/aromatic N) is 4. The van der Waals surface area contributed by atoms with Gasteiger partial charge in [-0.25, -0.2) is 14.8 Å². The van der Waals surface area contributed by atoms with Crippen molar-refractivity contribution in [3.05, 3.63) is 71.1 Å². The van der Waals surface area contributed by atoms with Crippen LogP contribution in [0.2, 0.25) is 0 Å². The number of benzene rings is 2. The van der Waals surface area contributed by atoms with Crippen LogP contribution in [0.1, 0.15) is 16.7 Å².